The van der Waals surface area contributed by atoms with E-state index in [0.717, 1.165) is 13.1 Å². The molecule has 0 aromatic carbocycles. The summed E-state index contributed by atoms with van der Waals surface area (Å²) in [6.07, 6.45) is 2.50. The van der Waals surface area contributed by atoms with Gasteiger partial charge in [0.2, 0.25) is 5.91 Å². The summed E-state index contributed by atoms with van der Waals surface area (Å²) in [6.45, 7) is 2.58. The summed E-state index contributed by atoms with van der Waals surface area (Å²) in [6, 6.07) is 0.578. The summed E-state index contributed by atoms with van der Waals surface area (Å²) in [5.41, 5.74) is 0. The van der Waals surface area contributed by atoms with E-state index in [-0.39, 0.29) is 5.91 Å². The lowest BCUT2D eigenvalue weighted by Gasteiger charge is -2.19. The van der Waals surface area contributed by atoms with Crippen LogP contribution >= 0.6 is 0 Å². The molecule has 1 aliphatic heterocycles. The molecule has 0 spiro atoms. The number of amides is 1. The molecule has 1 fully saturated rings. The van der Waals surface area contributed by atoms with Crippen molar-refractivity contribution in [2.24, 2.45) is 0 Å². The molecular weight excluding hydrogens is 166 g/mol. The molecule has 0 aromatic heterocycles. The van der Waals surface area contributed by atoms with E-state index < -0.39 is 0 Å². The fraction of sp³-hybridized carbons (Fsp3) is 0.889. The fourth-order valence-corrected chi connectivity index (χ4v) is 1.68. The van der Waals surface area contributed by atoms with Crippen LogP contribution in [0.3, 0.4) is 0 Å². The van der Waals surface area contributed by atoms with E-state index in [4.69, 9.17) is 0 Å². The van der Waals surface area contributed by atoms with Crippen LogP contribution in [0.25, 0.3) is 0 Å². The molecule has 0 aromatic rings. The predicted molar refractivity (Wildman–Crippen MR) is 52.6 cm³/mol. The normalized spacial score (nSPS) is 22.2. The number of likely N-dealkylation sites (N-methyl/N-ethyl adjacent to an activating group) is 2. The standard InChI is InChI=1S/C9H19N3O/c1-10-9(13)7-12(2)6-8-4-3-5-11-8/h8,11H,3-7H2,1-2H3,(H,10,13)/t8-/m0/s1. The molecule has 0 bridgehead atoms. The van der Waals surface area contributed by atoms with Crippen LogP contribution in [0.15, 0.2) is 0 Å². The van der Waals surface area contributed by atoms with Gasteiger partial charge in [-0.15, -0.1) is 0 Å². The predicted octanol–water partition coefficient (Wildman–Crippen LogP) is -0.584. The van der Waals surface area contributed by atoms with Crippen LogP contribution in [0.4, 0.5) is 0 Å². The molecule has 1 atom stereocenters. The maximum atomic E-state index is 11.0. The maximum Gasteiger partial charge on any atom is 0.233 e. The highest BCUT2D eigenvalue weighted by molar-refractivity contribution is 5.77. The van der Waals surface area contributed by atoms with Gasteiger partial charge in [-0.2, -0.15) is 0 Å². The molecule has 0 radical (unpaired) electrons. The molecule has 1 aliphatic rings. The van der Waals surface area contributed by atoms with Crippen molar-refractivity contribution in [3.63, 3.8) is 0 Å². The number of carbonyl (C=O) groups is 1. The average Bonchev–Trinajstić information content (AvgIpc) is 2.56. The third-order valence-electron chi connectivity index (χ3n) is 2.39. The molecule has 4 nitrogen and oxygen atoms in total. The van der Waals surface area contributed by atoms with Gasteiger partial charge in [-0.1, -0.05) is 0 Å². The van der Waals surface area contributed by atoms with E-state index in [0.29, 0.717) is 12.6 Å². The Balaban J connectivity index is 2.16. The zero-order valence-corrected chi connectivity index (χ0v) is 8.47. The van der Waals surface area contributed by atoms with Crippen LogP contribution in [-0.4, -0.2) is 50.6 Å². The van der Waals surface area contributed by atoms with Gasteiger partial charge in [-0.25, -0.2) is 0 Å². The highest BCUT2D eigenvalue weighted by Gasteiger charge is 2.16. The number of rotatable bonds is 4. The number of hydrogen-bond acceptors (Lipinski definition) is 3. The second-order valence-corrected chi connectivity index (χ2v) is 3.66. The monoisotopic (exact) mass is 185 g/mol. The van der Waals surface area contributed by atoms with Crippen molar-refractivity contribution in [1.29, 1.82) is 0 Å². The van der Waals surface area contributed by atoms with E-state index in [1.54, 1.807) is 7.05 Å². The molecule has 2 N–H and O–H groups in total. The highest BCUT2D eigenvalue weighted by Crippen LogP contribution is 2.05. The van der Waals surface area contributed by atoms with Gasteiger partial charge < -0.3 is 10.6 Å². The van der Waals surface area contributed by atoms with Gasteiger partial charge in [-0.05, 0) is 26.4 Å². The Labute approximate surface area is 79.7 Å². The Morgan fingerprint density at radius 2 is 2.46 bits per heavy atom. The minimum atomic E-state index is 0.0838. The first-order chi connectivity index (χ1) is 6.22. The second-order valence-electron chi connectivity index (χ2n) is 3.66. The Hall–Kier alpha value is -0.610. The highest BCUT2D eigenvalue weighted by atomic mass is 16.1. The summed E-state index contributed by atoms with van der Waals surface area (Å²) < 4.78 is 0. The van der Waals surface area contributed by atoms with Crippen LogP contribution in [0.2, 0.25) is 0 Å². The van der Waals surface area contributed by atoms with E-state index in [1.165, 1.54) is 12.8 Å². The third-order valence-corrected chi connectivity index (χ3v) is 2.39. The van der Waals surface area contributed by atoms with Crippen molar-refractivity contribution in [2.45, 2.75) is 18.9 Å². The average molecular weight is 185 g/mol. The quantitative estimate of drug-likeness (QED) is 0.615. The van der Waals surface area contributed by atoms with Crippen LogP contribution in [0.5, 0.6) is 0 Å². The van der Waals surface area contributed by atoms with E-state index in [9.17, 15) is 4.79 Å². The van der Waals surface area contributed by atoms with Gasteiger partial charge in [0.25, 0.3) is 0 Å². The Morgan fingerprint density at radius 3 is 3.00 bits per heavy atom. The van der Waals surface area contributed by atoms with E-state index in [2.05, 4.69) is 15.5 Å². The molecular formula is C9H19N3O. The molecule has 13 heavy (non-hydrogen) atoms. The van der Waals surface area contributed by atoms with Gasteiger partial charge >= 0.3 is 0 Å². The lowest BCUT2D eigenvalue weighted by Crippen LogP contribution is -2.40. The molecule has 0 aliphatic carbocycles. The Bertz CT molecular complexity index is 166. The fourth-order valence-electron chi connectivity index (χ4n) is 1.68. The molecule has 0 saturated carbocycles. The van der Waals surface area contributed by atoms with Gasteiger partial charge in [0.15, 0.2) is 0 Å². The van der Waals surface area contributed by atoms with Crippen molar-refractivity contribution >= 4 is 5.91 Å². The van der Waals surface area contributed by atoms with Crippen molar-refractivity contribution in [3.05, 3.63) is 0 Å². The molecule has 1 saturated heterocycles. The van der Waals surface area contributed by atoms with Gasteiger partial charge in [-0.3, -0.25) is 9.69 Å². The number of hydrogen-bond donors (Lipinski definition) is 2. The van der Waals surface area contributed by atoms with Crippen molar-refractivity contribution in [3.8, 4) is 0 Å². The zero-order chi connectivity index (χ0) is 9.68. The minimum absolute atomic E-state index is 0.0838. The Kier molecular flexibility index (Phi) is 4.18. The molecule has 1 heterocycles. The number of carbonyl (C=O) groups excluding carboxylic acids is 1. The van der Waals surface area contributed by atoms with Crippen molar-refractivity contribution in [1.82, 2.24) is 15.5 Å². The third kappa shape index (κ3) is 3.74. The lowest BCUT2D eigenvalue weighted by molar-refractivity contribution is -0.121. The zero-order valence-electron chi connectivity index (χ0n) is 8.47. The first-order valence-electron chi connectivity index (χ1n) is 4.85. The summed E-state index contributed by atoms with van der Waals surface area (Å²) in [5, 5.41) is 6.03. The molecule has 76 valence electrons. The van der Waals surface area contributed by atoms with Crippen molar-refractivity contribution in [2.75, 3.05) is 33.7 Å². The summed E-state index contributed by atoms with van der Waals surface area (Å²) in [4.78, 5) is 13.1. The molecule has 1 rings (SSSR count). The van der Waals surface area contributed by atoms with Gasteiger partial charge in [0.05, 0.1) is 6.54 Å². The Morgan fingerprint density at radius 1 is 1.69 bits per heavy atom. The van der Waals surface area contributed by atoms with Crippen LogP contribution in [0.1, 0.15) is 12.8 Å². The van der Waals surface area contributed by atoms with E-state index in [1.807, 2.05) is 7.05 Å². The molecule has 4 heteroatoms. The maximum absolute atomic E-state index is 11.0. The van der Waals surface area contributed by atoms with Crippen LogP contribution in [-0.2, 0) is 4.79 Å². The summed E-state index contributed by atoms with van der Waals surface area (Å²) in [7, 11) is 3.65. The topological polar surface area (TPSA) is 44.4 Å². The van der Waals surface area contributed by atoms with Crippen LogP contribution in [0, 0.1) is 0 Å². The summed E-state index contributed by atoms with van der Waals surface area (Å²) in [5.74, 6) is 0.0838. The first kappa shape index (κ1) is 10.5. The van der Waals surface area contributed by atoms with Crippen LogP contribution < -0.4 is 10.6 Å². The largest absolute Gasteiger partial charge is 0.358 e. The molecule has 0 unspecified atom stereocenters. The van der Waals surface area contributed by atoms with Gasteiger partial charge in [0.1, 0.15) is 0 Å². The molecule has 1 amide bonds. The SMILES string of the molecule is CNC(=O)CN(C)C[C@@H]1CCCN1. The van der Waals surface area contributed by atoms with Crippen molar-refractivity contribution < 1.29 is 4.79 Å². The first-order valence-corrected chi connectivity index (χ1v) is 4.85. The number of nitrogens with zero attached hydrogens (tertiary/aromatic N) is 1. The lowest BCUT2D eigenvalue weighted by atomic mass is 10.2. The second kappa shape index (κ2) is 5.19. The minimum Gasteiger partial charge on any atom is -0.358 e. The summed E-state index contributed by atoms with van der Waals surface area (Å²) >= 11 is 0. The number of nitrogens with one attached hydrogen (secondary N) is 2. The smallest absolute Gasteiger partial charge is 0.233 e. The van der Waals surface area contributed by atoms with E-state index >= 15 is 0 Å². The van der Waals surface area contributed by atoms with Gasteiger partial charge in [0, 0.05) is 19.6 Å².